The highest BCUT2D eigenvalue weighted by Gasteiger charge is 2.28. The first-order chi connectivity index (χ1) is 7.20. The molecule has 0 N–H and O–H groups in total. The standard InChI is InChI=1S/C11H8N2O2/c12-6-8-1-3-9(4-2-8)13-7-10(14)5-11(13)15/h1-4H,5,7H2. The van der Waals surface area contributed by atoms with Crippen LogP contribution in [0.4, 0.5) is 5.69 Å². The number of carbonyl (C=O) groups is 2. The van der Waals surface area contributed by atoms with Gasteiger partial charge in [0.2, 0.25) is 5.91 Å². The summed E-state index contributed by atoms with van der Waals surface area (Å²) in [6, 6.07) is 8.61. The van der Waals surface area contributed by atoms with E-state index in [1.807, 2.05) is 6.07 Å². The lowest BCUT2D eigenvalue weighted by Gasteiger charge is -2.14. The van der Waals surface area contributed by atoms with Crippen LogP contribution < -0.4 is 4.90 Å². The first-order valence-corrected chi connectivity index (χ1v) is 4.53. The number of anilines is 1. The number of rotatable bonds is 1. The van der Waals surface area contributed by atoms with Crippen LogP contribution in [-0.4, -0.2) is 18.2 Å². The Hall–Kier alpha value is -2.15. The molecule has 0 atom stereocenters. The van der Waals surface area contributed by atoms with Crippen molar-refractivity contribution in [3.8, 4) is 6.07 Å². The third-order valence-corrected chi connectivity index (χ3v) is 2.29. The highest BCUT2D eigenvalue weighted by Crippen LogP contribution is 2.19. The summed E-state index contributed by atoms with van der Waals surface area (Å²) in [6.45, 7) is 0.144. The Morgan fingerprint density at radius 1 is 1.20 bits per heavy atom. The van der Waals surface area contributed by atoms with E-state index in [2.05, 4.69) is 0 Å². The van der Waals surface area contributed by atoms with Crippen molar-refractivity contribution in [2.24, 2.45) is 0 Å². The van der Waals surface area contributed by atoms with Gasteiger partial charge in [-0.2, -0.15) is 5.26 Å². The average molecular weight is 200 g/mol. The number of ketones is 1. The molecule has 1 fully saturated rings. The molecule has 15 heavy (non-hydrogen) atoms. The summed E-state index contributed by atoms with van der Waals surface area (Å²) >= 11 is 0. The van der Waals surface area contributed by atoms with Gasteiger partial charge in [-0.15, -0.1) is 0 Å². The maximum absolute atomic E-state index is 11.4. The van der Waals surface area contributed by atoms with Crippen molar-refractivity contribution in [3.63, 3.8) is 0 Å². The van der Waals surface area contributed by atoms with Crippen molar-refractivity contribution < 1.29 is 9.59 Å². The molecule has 1 amide bonds. The summed E-state index contributed by atoms with van der Waals surface area (Å²) in [7, 11) is 0. The van der Waals surface area contributed by atoms with E-state index in [1.54, 1.807) is 24.3 Å². The van der Waals surface area contributed by atoms with Crippen molar-refractivity contribution in [2.75, 3.05) is 11.4 Å². The van der Waals surface area contributed by atoms with Gasteiger partial charge >= 0.3 is 0 Å². The molecule has 74 valence electrons. The molecule has 0 saturated carbocycles. The second kappa shape index (κ2) is 3.54. The van der Waals surface area contributed by atoms with Gasteiger partial charge in [0.15, 0.2) is 5.78 Å². The fraction of sp³-hybridized carbons (Fsp3) is 0.182. The molecule has 2 rings (SSSR count). The number of Topliss-reactive ketones (excluding diaryl/α,β-unsaturated/α-hetero) is 1. The topological polar surface area (TPSA) is 61.2 Å². The van der Waals surface area contributed by atoms with Gasteiger partial charge in [0, 0.05) is 5.69 Å². The Bertz CT molecular complexity index is 456. The van der Waals surface area contributed by atoms with E-state index in [0.29, 0.717) is 11.3 Å². The molecule has 0 bridgehead atoms. The highest BCUT2D eigenvalue weighted by atomic mass is 16.2. The van der Waals surface area contributed by atoms with E-state index in [-0.39, 0.29) is 24.7 Å². The van der Waals surface area contributed by atoms with E-state index in [4.69, 9.17) is 5.26 Å². The smallest absolute Gasteiger partial charge is 0.234 e. The molecule has 0 aliphatic carbocycles. The van der Waals surface area contributed by atoms with Crippen LogP contribution in [0.2, 0.25) is 0 Å². The SMILES string of the molecule is N#Cc1ccc(N2CC(=O)CC2=O)cc1. The van der Waals surface area contributed by atoms with Crippen LogP contribution in [0.3, 0.4) is 0 Å². The third kappa shape index (κ3) is 1.72. The van der Waals surface area contributed by atoms with Gasteiger partial charge in [-0.25, -0.2) is 0 Å². The van der Waals surface area contributed by atoms with E-state index < -0.39 is 0 Å². The summed E-state index contributed by atoms with van der Waals surface area (Å²) in [5, 5.41) is 8.60. The maximum atomic E-state index is 11.4. The Morgan fingerprint density at radius 2 is 1.87 bits per heavy atom. The lowest BCUT2D eigenvalue weighted by molar-refractivity contribution is -0.121. The first-order valence-electron chi connectivity index (χ1n) is 4.53. The predicted molar refractivity (Wildman–Crippen MR) is 53.1 cm³/mol. The van der Waals surface area contributed by atoms with Crippen LogP contribution in [-0.2, 0) is 9.59 Å². The predicted octanol–water partition coefficient (Wildman–Crippen LogP) is 0.864. The minimum atomic E-state index is -0.176. The zero-order chi connectivity index (χ0) is 10.8. The van der Waals surface area contributed by atoms with Crippen molar-refractivity contribution in [1.82, 2.24) is 0 Å². The molecule has 0 unspecified atom stereocenters. The Kier molecular flexibility index (Phi) is 2.22. The van der Waals surface area contributed by atoms with Crippen LogP contribution >= 0.6 is 0 Å². The molecule has 1 aliphatic heterocycles. The summed E-state index contributed by atoms with van der Waals surface area (Å²) < 4.78 is 0. The molecule has 1 heterocycles. The van der Waals surface area contributed by atoms with Gasteiger partial charge in [-0.3, -0.25) is 9.59 Å². The van der Waals surface area contributed by atoms with E-state index in [1.165, 1.54) is 4.90 Å². The fourth-order valence-corrected chi connectivity index (χ4v) is 1.54. The summed E-state index contributed by atoms with van der Waals surface area (Å²) in [5.74, 6) is -0.242. The molecule has 0 aromatic heterocycles. The molecule has 0 radical (unpaired) electrons. The van der Waals surface area contributed by atoms with Gasteiger partial charge in [0.1, 0.15) is 0 Å². The number of amides is 1. The average Bonchev–Trinajstić information content (AvgIpc) is 2.58. The third-order valence-electron chi connectivity index (χ3n) is 2.29. The zero-order valence-electron chi connectivity index (χ0n) is 7.93. The summed E-state index contributed by atoms with van der Waals surface area (Å²) in [6.07, 6.45) is -0.0139. The van der Waals surface area contributed by atoms with Gasteiger partial charge in [0.25, 0.3) is 0 Å². The van der Waals surface area contributed by atoms with Crippen molar-refractivity contribution >= 4 is 17.4 Å². The summed E-state index contributed by atoms with van der Waals surface area (Å²) in [5.41, 5.74) is 1.21. The number of benzene rings is 1. The van der Waals surface area contributed by atoms with E-state index in [9.17, 15) is 9.59 Å². The fourth-order valence-electron chi connectivity index (χ4n) is 1.54. The number of nitrogens with zero attached hydrogens (tertiary/aromatic N) is 2. The molecule has 1 saturated heterocycles. The van der Waals surface area contributed by atoms with Gasteiger partial charge in [-0.05, 0) is 24.3 Å². The van der Waals surface area contributed by atoms with Gasteiger partial charge in [0.05, 0.1) is 24.6 Å². The van der Waals surface area contributed by atoms with Crippen molar-refractivity contribution in [1.29, 1.82) is 5.26 Å². The monoisotopic (exact) mass is 200 g/mol. The molecular formula is C11H8N2O2. The van der Waals surface area contributed by atoms with Crippen LogP contribution in [0.25, 0.3) is 0 Å². The Labute approximate surface area is 86.7 Å². The number of hydrogen-bond acceptors (Lipinski definition) is 3. The highest BCUT2D eigenvalue weighted by molar-refractivity contribution is 6.15. The van der Waals surface area contributed by atoms with Crippen LogP contribution in [0.15, 0.2) is 24.3 Å². The quantitative estimate of drug-likeness (QED) is 0.632. The minimum absolute atomic E-state index is 0.0139. The number of carbonyl (C=O) groups excluding carboxylic acids is 2. The summed E-state index contributed by atoms with van der Waals surface area (Å²) in [4.78, 5) is 23.9. The zero-order valence-corrected chi connectivity index (χ0v) is 7.93. The van der Waals surface area contributed by atoms with Gasteiger partial charge < -0.3 is 4.90 Å². The molecule has 1 aromatic carbocycles. The Morgan fingerprint density at radius 3 is 2.33 bits per heavy atom. The van der Waals surface area contributed by atoms with Crippen LogP contribution in [0.1, 0.15) is 12.0 Å². The lowest BCUT2D eigenvalue weighted by Crippen LogP contribution is -2.24. The normalized spacial score (nSPS) is 15.5. The van der Waals surface area contributed by atoms with Crippen LogP contribution in [0, 0.1) is 11.3 Å². The lowest BCUT2D eigenvalue weighted by atomic mass is 10.2. The molecule has 1 aromatic rings. The molecule has 4 heteroatoms. The number of nitriles is 1. The molecule has 0 spiro atoms. The van der Waals surface area contributed by atoms with E-state index >= 15 is 0 Å². The second-order valence-corrected chi connectivity index (χ2v) is 3.35. The van der Waals surface area contributed by atoms with Crippen molar-refractivity contribution in [2.45, 2.75) is 6.42 Å². The van der Waals surface area contributed by atoms with Gasteiger partial charge in [-0.1, -0.05) is 0 Å². The maximum Gasteiger partial charge on any atom is 0.234 e. The molecule has 1 aliphatic rings. The second-order valence-electron chi connectivity index (χ2n) is 3.35. The number of hydrogen-bond donors (Lipinski definition) is 0. The van der Waals surface area contributed by atoms with E-state index in [0.717, 1.165) is 0 Å². The first kappa shape index (κ1) is 9.41. The molecule has 4 nitrogen and oxygen atoms in total. The minimum Gasteiger partial charge on any atom is -0.305 e. The van der Waals surface area contributed by atoms with Crippen molar-refractivity contribution in [3.05, 3.63) is 29.8 Å². The van der Waals surface area contributed by atoms with Crippen LogP contribution in [0.5, 0.6) is 0 Å². The molecular weight excluding hydrogens is 192 g/mol. The Balaban J connectivity index is 2.27. The largest absolute Gasteiger partial charge is 0.305 e.